The van der Waals surface area contributed by atoms with E-state index in [9.17, 15) is 9.59 Å². The lowest BCUT2D eigenvalue weighted by Crippen LogP contribution is -2.52. The number of benzene rings is 1. The van der Waals surface area contributed by atoms with Crippen molar-refractivity contribution in [1.29, 1.82) is 0 Å². The second kappa shape index (κ2) is 5.65. The van der Waals surface area contributed by atoms with Gasteiger partial charge in [0.2, 0.25) is 0 Å². The molecule has 0 radical (unpaired) electrons. The van der Waals surface area contributed by atoms with Crippen molar-refractivity contribution in [2.75, 3.05) is 6.54 Å². The van der Waals surface area contributed by atoms with E-state index in [1.165, 1.54) is 0 Å². The van der Waals surface area contributed by atoms with Crippen molar-refractivity contribution in [1.82, 2.24) is 20.8 Å². The first kappa shape index (κ1) is 13.8. The molecule has 1 fully saturated rings. The van der Waals surface area contributed by atoms with Gasteiger partial charge in [-0.1, -0.05) is 18.2 Å². The quantitative estimate of drug-likeness (QED) is 0.762. The third kappa shape index (κ3) is 2.67. The summed E-state index contributed by atoms with van der Waals surface area (Å²) in [5.74, 6) is -0.247. The van der Waals surface area contributed by atoms with Crippen LogP contribution < -0.4 is 16.2 Å². The predicted octanol–water partition coefficient (Wildman–Crippen LogP) is 0.793. The van der Waals surface area contributed by atoms with E-state index in [2.05, 4.69) is 27.8 Å². The monoisotopic (exact) mass is 286 g/mol. The van der Waals surface area contributed by atoms with E-state index in [4.69, 9.17) is 0 Å². The molecule has 6 nitrogen and oxygen atoms in total. The van der Waals surface area contributed by atoms with Gasteiger partial charge in [0.25, 0.3) is 11.5 Å². The Bertz CT molecular complexity index is 725. The van der Waals surface area contributed by atoms with Crippen LogP contribution in [0.25, 0.3) is 10.8 Å². The van der Waals surface area contributed by atoms with Gasteiger partial charge in [-0.25, -0.2) is 5.10 Å². The van der Waals surface area contributed by atoms with Crippen LogP contribution >= 0.6 is 0 Å². The molecule has 3 rings (SSSR count). The average molecular weight is 286 g/mol. The van der Waals surface area contributed by atoms with E-state index in [1.54, 1.807) is 24.3 Å². The first-order valence-corrected chi connectivity index (χ1v) is 7.18. The van der Waals surface area contributed by atoms with Crippen LogP contribution in [0.2, 0.25) is 0 Å². The van der Waals surface area contributed by atoms with Gasteiger partial charge in [-0.15, -0.1) is 0 Å². The molecule has 1 aromatic heterocycles. The number of rotatable bonds is 2. The van der Waals surface area contributed by atoms with Crippen LogP contribution in [0.15, 0.2) is 29.1 Å². The fourth-order valence-corrected chi connectivity index (χ4v) is 2.77. The fourth-order valence-electron chi connectivity index (χ4n) is 2.77. The minimum absolute atomic E-state index is 0.0822. The SMILES string of the molecule is CC1NCCCC1NC(=O)c1n[nH]c(=O)c2ccccc12. The first-order valence-electron chi connectivity index (χ1n) is 7.18. The minimum atomic E-state index is -0.283. The number of nitrogens with one attached hydrogen (secondary N) is 3. The summed E-state index contributed by atoms with van der Waals surface area (Å²) in [6.07, 6.45) is 1.98. The van der Waals surface area contributed by atoms with Gasteiger partial charge < -0.3 is 10.6 Å². The van der Waals surface area contributed by atoms with E-state index >= 15 is 0 Å². The number of hydrogen-bond donors (Lipinski definition) is 3. The number of amides is 1. The van der Waals surface area contributed by atoms with Gasteiger partial charge >= 0.3 is 0 Å². The molecule has 2 heterocycles. The Morgan fingerprint density at radius 1 is 1.33 bits per heavy atom. The molecule has 6 heteroatoms. The van der Waals surface area contributed by atoms with Crippen LogP contribution in [0.4, 0.5) is 0 Å². The molecule has 0 saturated carbocycles. The predicted molar refractivity (Wildman–Crippen MR) is 80.3 cm³/mol. The molecule has 2 atom stereocenters. The van der Waals surface area contributed by atoms with Crippen LogP contribution in [0.3, 0.4) is 0 Å². The number of piperidine rings is 1. The molecular weight excluding hydrogens is 268 g/mol. The molecule has 2 unspecified atom stereocenters. The highest BCUT2D eigenvalue weighted by molar-refractivity contribution is 6.04. The smallest absolute Gasteiger partial charge is 0.272 e. The highest BCUT2D eigenvalue weighted by atomic mass is 16.2. The standard InChI is InChI=1S/C15H18N4O2/c1-9-12(7-4-8-16-9)17-15(21)13-10-5-2-3-6-11(10)14(20)19-18-13/h2-3,5-6,9,12,16H,4,7-8H2,1H3,(H,17,21)(H,19,20). The van der Waals surface area contributed by atoms with E-state index in [-0.39, 0.29) is 29.2 Å². The number of hydrogen-bond acceptors (Lipinski definition) is 4. The Hall–Kier alpha value is -2.21. The Labute approximate surface area is 121 Å². The lowest BCUT2D eigenvalue weighted by atomic mass is 9.99. The number of aromatic amines is 1. The molecule has 0 bridgehead atoms. The van der Waals surface area contributed by atoms with Gasteiger partial charge in [-0.3, -0.25) is 9.59 Å². The number of aromatic nitrogens is 2. The molecule has 1 aliphatic heterocycles. The normalized spacial score (nSPS) is 22.1. The van der Waals surface area contributed by atoms with Crippen molar-refractivity contribution in [2.24, 2.45) is 0 Å². The summed E-state index contributed by atoms with van der Waals surface area (Å²) in [6, 6.07) is 7.32. The van der Waals surface area contributed by atoms with Crippen LogP contribution in [0.5, 0.6) is 0 Å². The molecule has 0 aliphatic carbocycles. The van der Waals surface area contributed by atoms with Crippen LogP contribution in [-0.2, 0) is 0 Å². The average Bonchev–Trinajstić information content (AvgIpc) is 2.50. The molecule has 110 valence electrons. The fraction of sp³-hybridized carbons (Fsp3) is 0.400. The molecule has 1 aliphatic rings. The molecule has 1 aromatic carbocycles. The van der Waals surface area contributed by atoms with Gasteiger partial charge in [0.05, 0.1) is 5.39 Å². The second-order valence-corrected chi connectivity index (χ2v) is 5.41. The van der Waals surface area contributed by atoms with E-state index in [0.717, 1.165) is 19.4 Å². The summed E-state index contributed by atoms with van der Waals surface area (Å²) in [4.78, 5) is 24.2. The highest BCUT2D eigenvalue weighted by Gasteiger charge is 2.24. The largest absolute Gasteiger partial charge is 0.346 e. The van der Waals surface area contributed by atoms with Gasteiger partial charge in [-0.2, -0.15) is 5.10 Å². The van der Waals surface area contributed by atoms with Crippen molar-refractivity contribution in [3.63, 3.8) is 0 Å². The molecule has 1 amide bonds. The van der Waals surface area contributed by atoms with Gasteiger partial charge in [0.15, 0.2) is 5.69 Å². The van der Waals surface area contributed by atoms with Crippen molar-refractivity contribution in [2.45, 2.75) is 31.8 Å². The summed E-state index contributed by atoms with van der Waals surface area (Å²) in [7, 11) is 0. The maximum atomic E-state index is 12.5. The molecule has 1 saturated heterocycles. The number of fused-ring (bicyclic) bond motifs is 1. The summed E-state index contributed by atoms with van der Waals surface area (Å²) in [5, 5.41) is 13.7. The Balaban J connectivity index is 1.91. The molecule has 21 heavy (non-hydrogen) atoms. The van der Waals surface area contributed by atoms with Gasteiger partial charge in [0, 0.05) is 17.5 Å². The summed E-state index contributed by atoms with van der Waals surface area (Å²) >= 11 is 0. The van der Waals surface area contributed by atoms with Crippen LogP contribution in [-0.4, -0.2) is 34.7 Å². The second-order valence-electron chi connectivity index (χ2n) is 5.41. The van der Waals surface area contributed by atoms with Crippen molar-refractivity contribution in [3.05, 3.63) is 40.3 Å². The number of nitrogens with zero attached hydrogens (tertiary/aromatic N) is 1. The minimum Gasteiger partial charge on any atom is -0.346 e. The number of carbonyl (C=O) groups excluding carboxylic acids is 1. The summed E-state index contributed by atoms with van der Waals surface area (Å²) in [6.45, 7) is 3.04. The number of carbonyl (C=O) groups is 1. The molecule has 2 aromatic rings. The van der Waals surface area contributed by atoms with Crippen LogP contribution in [0, 0.1) is 0 Å². The van der Waals surface area contributed by atoms with Crippen molar-refractivity contribution >= 4 is 16.7 Å². The van der Waals surface area contributed by atoms with E-state index in [0.29, 0.717) is 10.8 Å². The lowest BCUT2D eigenvalue weighted by molar-refractivity contribution is 0.0915. The summed E-state index contributed by atoms with van der Waals surface area (Å²) in [5.41, 5.74) is -0.0159. The molecule has 3 N–H and O–H groups in total. The maximum absolute atomic E-state index is 12.5. The number of H-pyrrole nitrogens is 1. The Kier molecular flexibility index (Phi) is 3.70. The zero-order chi connectivity index (χ0) is 14.8. The zero-order valence-electron chi connectivity index (χ0n) is 11.8. The Morgan fingerprint density at radius 2 is 2.10 bits per heavy atom. The maximum Gasteiger partial charge on any atom is 0.272 e. The molecular formula is C15H18N4O2. The van der Waals surface area contributed by atoms with Gasteiger partial charge in [0.1, 0.15) is 0 Å². The summed E-state index contributed by atoms with van der Waals surface area (Å²) < 4.78 is 0. The topological polar surface area (TPSA) is 86.9 Å². The van der Waals surface area contributed by atoms with Crippen LogP contribution in [0.1, 0.15) is 30.3 Å². The lowest BCUT2D eigenvalue weighted by Gasteiger charge is -2.30. The highest BCUT2D eigenvalue weighted by Crippen LogP contribution is 2.14. The zero-order valence-corrected chi connectivity index (χ0v) is 11.8. The van der Waals surface area contributed by atoms with Crippen molar-refractivity contribution < 1.29 is 4.79 Å². The molecule has 0 spiro atoms. The van der Waals surface area contributed by atoms with Gasteiger partial charge in [-0.05, 0) is 32.4 Å². The first-order chi connectivity index (χ1) is 10.2. The third-order valence-corrected chi connectivity index (χ3v) is 3.99. The third-order valence-electron chi connectivity index (χ3n) is 3.99. The van der Waals surface area contributed by atoms with E-state index in [1.807, 2.05) is 0 Å². The van der Waals surface area contributed by atoms with Crippen molar-refractivity contribution in [3.8, 4) is 0 Å². The van der Waals surface area contributed by atoms with E-state index < -0.39 is 0 Å². The Morgan fingerprint density at radius 3 is 2.86 bits per heavy atom.